The number of hydrogen-bond acceptors (Lipinski definition) is 4. The van der Waals surface area contributed by atoms with Crippen LogP contribution in [-0.4, -0.2) is 69.3 Å². The topological polar surface area (TPSA) is 78.7 Å². The Labute approximate surface area is 159 Å². The first-order valence-corrected chi connectivity index (χ1v) is 9.28. The molecule has 7 nitrogen and oxygen atoms in total. The Morgan fingerprint density at radius 1 is 1.19 bits per heavy atom. The van der Waals surface area contributed by atoms with Crippen molar-refractivity contribution < 1.29 is 14.7 Å². The molecule has 1 saturated heterocycles. The summed E-state index contributed by atoms with van der Waals surface area (Å²) in [6.07, 6.45) is 4.48. The SMILES string of the molecule is Cc1ccn(-c2ccc(C(=O)N3CCCC(N(C)CC(=O)O)CC3)cc2)n1. The summed E-state index contributed by atoms with van der Waals surface area (Å²) < 4.78 is 1.79. The molecule has 0 bridgehead atoms. The van der Waals surface area contributed by atoms with Gasteiger partial charge in [0, 0.05) is 30.9 Å². The second kappa shape index (κ2) is 8.35. The highest BCUT2D eigenvalue weighted by Crippen LogP contribution is 2.18. The highest BCUT2D eigenvalue weighted by atomic mass is 16.4. The molecule has 1 aromatic heterocycles. The molecule has 7 heteroatoms. The highest BCUT2D eigenvalue weighted by molar-refractivity contribution is 5.94. The minimum Gasteiger partial charge on any atom is -0.480 e. The second-order valence-electron chi connectivity index (χ2n) is 7.13. The number of aliphatic carboxylic acids is 1. The molecule has 0 radical (unpaired) electrons. The van der Waals surface area contributed by atoms with Crippen molar-refractivity contribution in [1.82, 2.24) is 19.6 Å². The van der Waals surface area contributed by atoms with Crippen molar-refractivity contribution in [2.24, 2.45) is 0 Å². The van der Waals surface area contributed by atoms with Crippen molar-refractivity contribution in [1.29, 1.82) is 0 Å². The van der Waals surface area contributed by atoms with E-state index in [2.05, 4.69) is 5.10 Å². The monoisotopic (exact) mass is 370 g/mol. The molecule has 3 rings (SSSR count). The average molecular weight is 370 g/mol. The molecule has 1 fully saturated rings. The fourth-order valence-electron chi connectivity index (χ4n) is 3.56. The maximum atomic E-state index is 12.9. The molecule has 0 saturated carbocycles. The van der Waals surface area contributed by atoms with Gasteiger partial charge in [0.15, 0.2) is 0 Å². The van der Waals surface area contributed by atoms with Crippen molar-refractivity contribution >= 4 is 11.9 Å². The van der Waals surface area contributed by atoms with Gasteiger partial charge in [0.05, 0.1) is 17.9 Å². The summed E-state index contributed by atoms with van der Waals surface area (Å²) in [5.41, 5.74) is 2.54. The largest absolute Gasteiger partial charge is 0.480 e. The van der Waals surface area contributed by atoms with E-state index in [-0.39, 0.29) is 18.5 Å². The van der Waals surface area contributed by atoms with Crippen molar-refractivity contribution in [3.63, 3.8) is 0 Å². The van der Waals surface area contributed by atoms with E-state index in [0.717, 1.165) is 30.6 Å². The minimum atomic E-state index is -0.817. The van der Waals surface area contributed by atoms with Crippen molar-refractivity contribution in [2.75, 3.05) is 26.7 Å². The molecule has 0 aliphatic carbocycles. The fourth-order valence-corrected chi connectivity index (χ4v) is 3.56. The molecular weight excluding hydrogens is 344 g/mol. The Hall–Kier alpha value is -2.67. The number of carbonyl (C=O) groups is 2. The lowest BCUT2D eigenvalue weighted by atomic mass is 10.1. The number of likely N-dealkylation sites (tertiary alicyclic amines) is 1. The van der Waals surface area contributed by atoms with E-state index in [4.69, 9.17) is 5.11 Å². The molecule has 1 amide bonds. The summed E-state index contributed by atoms with van der Waals surface area (Å²) in [6, 6.07) is 9.63. The zero-order valence-electron chi connectivity index (χ0n) is 15.8. The van der Waals surface area contributed by atoms with Gasteiger partial charge < -0.3 is 10.0 Å². The number of rotatable bonds is 5. The van der Waals surface area contributed by atoms with Crippen molar-refractivity contribution in [3.05, 3.63) is 47.8 Å². The highest BCUT2D eigenvalue weighted by Gasteiger charge is 2.24. The van der Waals surface area contributed by atoms with E-state index in [1.165, 1.54) is 0 Å². The van der Waals surface area contributed by atoms with Crippen LogP contribution in [0.5, 0.6) is 0 Å². The molecule has 1 N–H and O–H groups in total. The van der Waals surface area contributed by atoms with Crippen LogP contribution in [0.2, 0.25) is 0 Å². The number of aromatic nitrogens is 2. The number of carboxylic acid groups (broad SMARTS) is 1. The number of amides is 1. The van der Waals surface area contributed by atoms with Crippen LogP contribution in [0.15, 0.2) is 36.5 Å². The number of likely N-dealkylation sites (N-methyl/N-ethyl adjacent to an activating group) is 1. The normalized spacial score (nSPS) is 17.7. The third-order valence-electron chi connectivity index (χ3n) is 5.09. The predicted octanol–water partition coefficient (Wildman–Crippen LogP) is 2.19. The summed E-state index contributed by atoms with van der Waals surface area (Å²) in [6.45, 7) is 3.33. The molecule has 0 spiro atoms. The number of carboxylic acids is 1. The lowest BCUT2D eigenvalue weighted by Crippen LogP contribution is -2.37. The van der Waals surface area contributed by atoms with Crippen LogP contribution in [0.25, 0.3) is 5.69 Å². The molecule has 144 valence electrons. The average Bonchev–Trinajstić information content (AvgIpc) is 2.92. The van der Waals surface area contributed by atoms with Gasteiger partial charge in [0.1, 0.15) is 0 Å². The van der Waals surface area contributed by atoms with E-state index in [1.54, 1.807) is 4.68 Å². The molecule has 2 aromatic rings. The zero-order chi connectivity index (χ0) is 19.4. The molecular formula is C20H26N4O3. The van der Waals surface area contributed by atoms with Gasteiger partial charge in [0.2, 0.25) is 0 Å². The number of nitrogens with zero attached hydrogens (tertiary/aromatic N) is 4. The predicted molar refractivity (Wildman–Crippen MR) is 102 cm³/mol. The lowest BCUT2D eigenvalue weighted by Gasteiger charge is -2.25. The molecule has 27 heavy (non-hydrogen) atoms. The molecule has 2 heterocycles. The molecule has 1 atom stereocenters. The first-order valence-electron chi connectivity index (χ1n) is 9.28. The van der Waals surface area contributed by atoms with Gasteiger partial charge in [0.25, 0.3) is 5.91 Å². The van der Waals surface area contributed by atoms with E-state index >= 15 is 0 Å². The minimum absolute atomic E-state index is 0.0275. The molecule has 1 aromatic carbocycles. The molecule has 1 unspecified atom stereocenters. The van der Waals surface area contributed by atoms with Gasteiger partial charge in [-0.3, -0.25) is 14.5 Å². The van der Waals surface area contributed by atoms with Crippen LogP contribution in [0.3, 0.4) is 0 Å². The van der Waals surface area contributed by atoms with E-state index in [1.807, 2.05) is 60.3 Å². The van der Waals surface area contributed by atoms with Crippen molar-refractivity contribution in [2.45, 2.75) is 32.2 Å². The van der Waals surface area contributed by atoms with Gasteiger partial charge in [-0.25, -0.2) is 4.68 Å². The van der Waals surface area contributed by atoms with Gasteiger partial charge in [-0.1, -0.05) is 0 Å². The van der Waals surface area contributed by atoms with Gasteiger partial charge in [-0.05, 0) is 63.6 Å². The summed E-state index contributed by atoms with van der Waals surface area (Å²) in [5.74, 6) is -0.790. The van der Waals surface area contributed by atoms with Crippen LogP contribution in [0, 0.1) is 6.92 Å². The van der Waals surface area contributed by atoms with E-state index in [9.17, 15) is 9.59 Å². The fraction of sp³-hybridized carbons (Fsp3) is 0.450. The first kappa shape index (κ1) is 19.1. The van der Waals surface area contributed by atoms with Crippen LogP contribution >= 0.6 is 0 Å². The third kappa shape index (κ3) is 4.74. The lowest BCUT2D eigenvalue weighted by molar-refractivity contribution is -0.138. The van der Waals surface area contributed by atoms with Gasteiger partial charge >= 0.3 is 5.97 Å². The Morgan fingerprint density at radius 2 is 1.93 bits per heavy atom. The maximum Gasteiger partial charge on any atom is 0.317 e. The quantitative estimate of drug-likeness (QED) is 0.873. The summed E-state index contributed by atoms with van der Waals surface area (Å²) in [5, 5.41) is 13.3. The van der Waals surface area contributed by atoms with Crippen molar-refractivity contribution in [3.8, 4) is 5.69 Å². The number of aryl methyl sites for hydroxylation is 1. The van der Waals surface area contributed by atoms with E-state index in [0.29, 0.717) is 18.7 Å². The summed E-state index contributed by atoms with van der Waals surface area (Å²) >= 11 is 0. The number of carbonyl (C=O) groups excluding carboxylic acids is 1. The Morgan fingerprint density at radius 3 is 2.56 bits per heavy atom. The number of hydrogen-bond donors (Lipinski definition) is 1. The Kier molecular flexibility index (Phi) is 5.91. The molecule has 1 aliphatic heterocycles. The van der Waals surface area contributed by atoms with Crippen LogP contribution < -0.4 is 0 Å². The van der Waals surface area contributed by atoms with Crippen LogP contribution in [0.4, 0.5) is 0 Å². The smallest absolute Gasteiger partial charge is 0.317 e. The standard InChI is InChI=1S/C20H26N4O3/c1-15-9-13-24(21-15)18-7-5-16(6-8-18)20(27)23-11-3-4-17(10-12-23)22(2)14-19(25)26/h5-9,13,17H,3-4,10-12,14H2,1-2H3,(H,25,26). The van der Waals surface area contributed by atoms with Gasteiger partial charge in [-0.2, -0.15) is 5.10 Å². The van der Waals surface area contributed by atoms with Gasteiger partial charge in [-0.15, -0.1) is 0 Å². The van der Waals surface area contributed by atoms with E-state index < -0.39 is 5.97 Å². The summed E-state index contributed by atoms with van der Waals surface area (Å²) in [7, 11) is 1.84. The maximum absolute atomic E-state index is 12.9. The third-order valence-corrected chi connectivity index (χ3v) is 5.09. The summed E-state index contributed by atoms with van der Waals surface area (Å²) in [4.78, 5) is 27.5. The Bertz CT molecular complexity index is 800. The Balaban J connectivity index is 1.63. The zero-order valence-corrected chi connectivity index (χ0v) is 15.8. The van der Waals surface area contributed by atoms with Crippen LogP contribution in [0.1, 0.15) is 35.3 Å². The number of benzene rings is 1. The molecule has 1 aliphatic rings. The second-order valence-corrected chi connectivity index (χ2v) is 7.13. The van der Waals surface area contributed by atoms with Crippen LogP contribution in [-0.2, 0) is 4.79 Å². The first-order chi connectivity index (χ1) is 12.9.